The Morgan fingerprint density at radius 3 is 2.38 bits per heavy atom. The Bertz CT molecular complexity index is 372. The van der Waals surface area contributed by atoms with Gasteiger partial charge in [-0.25, -0.2) is 0 Å². The molecular formula is C13H19NO2. The van der Waals surface area contributed by atoms with E-state index in [2.05, 4.69) is 17.4 Å². The molecular weight excluding hydrogens is 202 g/mol. The second-order valence-corrected chi connectivity index (χ2v) is 4.40. The molecule has 1 N–H and O–H groups in total. The molecule has 3 heteroatoms. The smallest absolute Gasteiger partial charge is 0.160 e. The lowest BCUT2D eigenvalue weighted by Gasteiger charge is -2.15. The van der Waals surface area contributed by atoms with E-state index in [1.165, 1.54) is 18.4 Å². The normalized spacial score (nSPS) is 16.9. The predicted octanol–water partition coefficient (Wildman–Crippen LogP) is 2.00. The van der Waals surface area contributed by atoms with Gasteiger partial charge in [0.05, 0.1) is 14.2 Å². The fourth-order valence-electron chi connectivity index (χ4n) is 2.05. The standard InChI is InChI=1S/C13H19NO2/c1-14-13(6-7-13)9-10-4-5-11(15-2)12(8-10)16-3/h4-5,8,14H,6-7,9H2,1-3H3. The predicted molar refractivity (Wildman–Crippen MR) is 64.3 cm³/mol. The molecule has 0 heterocycles. The molecule has 1 aromatic carbocycles. The van der Waals surface area contributed by atoms with Crippen LogP contribution >= 0.6 is 0 Å². The van der Waals surface area contributed by atoms with Crippen LogP contribution < -0.4 is 14.8 Å². The van der Waals surface area contributed by atoms with Crippen molar-refractivity contribution in [2.75, 3.05) is 21.3 Å². The van der Waals surface area contributed by atoms with Crippen molar-refractivity contribution >= 4 is 0 Å². The molecule has 3 nitrogen and oxygen atoms in total. The van der Waals surface area contributed by atoms with Gasteiger partial charge in [-0.2, -0.15) is 0 Å². The Morgan fingerprint density at radius 1 is 1.19 bits per heavy atom. The van der Waals surface area contributed by atoms with Crippen LogP contribution in [0.4, 0.5) is 0 Å². The van der Waals surface area contributed by atoms with Crippen LogP contribution in [0.2, 0.25) is 0 Å². The average Bonchev–Trinajstić information content (AvgIpc) is 3.09. The van der Waals surface area contributed by atoms with Crippen LogP contribution in [0.3, 0.4) is 0 Å². The summed E-state index contributed by atoms with van der Waals surface area (Å²) in [7, 11) is 5.37. The summed E-state index contributed by atoms with van der Waals surface area (Å²) in [4.78, 5) is 0. The van der Waals surface area contributed by atoms with Gasteiger partial charge >= 0.3 is 0 Å². The number of methoxy groups -OCH3 is 2. The minimum atomic E-state index is 0.333. The van der Waals surface area contributed by atoms with Crippen molar-refractivity contribution in [2.45, 2.75) is 24.8 Å². The zero-order chi connectivity index (χ0) is 11.6. The summed E-state index contributed by atoms with van der Waals surface area (Å²) in [6.45, 7) is 0. The van der Waals surface area contributed by atoms with E-state index in [0.29, 0.717) is 5.54 Å². The molecule has 0 radical (unpaired) electrons. The first kappa shape index (κ1) is 11.3. The molecule has 0 atom stereocenters. The largest absolute Gasteiger partial charge is 0.493 e. The summed E-state index contributed by atoms with van der Waals surface area (Å²) in [5, 5.41) is 3.39. The first-order chi connectivity index (χ1) is 7.73. The van der Waals surface area contributed by atoms with Gasteiger partial charge in [0.25, 0.3) is 0 Å². The summed E-state index contributed by atoms with van der Waals surface area (Å²) in [6.07, 6.45) is 3.58. The van der Waals surface area contributed by atoms with Crippen molar-refractivity contribution in [3.05, 3.63) is 23.8 Å². The van der Waals surface area contributed by atoms with Crippen molar-refractivity contribution in [1.82, 2.24) is 5.32 Å². The van der Waals surface area contributed by atoms with Crippen molar-refractivity contribution < 1.29 is 9.47 Å². The third-order valence-corrected chi connectivity index (χ3v) is 3.37. The van der Waals surface area contributed by atoms with Crippen LogP contribution in [0.1, 0.15) is 18.4 Å². The number of nitrogens with one attached hydrogen (secondary N) is 1. The summed E-state index contributed by atoms with van der Waals surface area (Å²) in [6, 6.07) is 6.15. The Morgan fingerprint density at radius 2 is 1.88 bits per heavy atom. The van der Waals surface area contributed by atoms with Gasteiger partial charge in [-0.1, -0.05) is 6.07 Å². The lowest BCUT2D eigenvalue weighted by Crippen LogP contribution is -2.29. The SMILES string of the molecule is CNC1(Cc2ccc(OC)c(OC)c2)CC1. The van der Waals surface area contributed by atoms with Crippen LogP contribution in [-0.2, 0) is 6.42 Å². The van der Waals surface area contributed by atoms with Crippen LogP contribution in [0.5, 0.6) is 11.5 Å². The van der Waals surface area contributed by atoms with Crippen LogP contribution in [0, 0.1) is 0 Å². The first-order valence-electron chi connectivity index (χ1n) is 5.63. The van der Waals surface area contributed by atoms with E-state index in [0.717, 1.165) is 17.9 Å². The summed E-state index contributed by atoms with van der Waals surface area (Å²) < 4.78 is 10.5. The molecule has 0 aliphatic heterocycles. The summed E-state index contributed by atoms with van der Waals surface area (Å²) in [5.41, 5.74) is 1.63. The molecule has 0 bridgehead atoms. The Hall–Kier alpha value is -1.22. The van der Waals surface area contributed by atoms with E-state index in [9.17, 15) is 0 Å². The highest BCUT2D eigenvalue weighted by Crippen LogP contribution is 2.39. The number of hydrogen-bond acceptors (Lipinski definition) is 3. The van der Waals surface area contributed by atoms with Crippen molar-refractivity contribution in [3.8, 4) is 11.5 Å². The Labute approximate surface area is 96.8 Å². The third kappa shape index (κ3) is 2.14. The second kappa shape index (κ2) is 4.34. The molecule has 88 valence electrons. The van der Waals surface area contributed by atoms with E-state index in [1.807, 2.05) is 13.1 Å². The topological polar surface area (TPSA) is 30.5 Å². The molecule has 0 unspecified atom stereocenters. The van der Waals surface area contributed by atoms with E-state index in [-0.39, 0.29) is 0 Å². The highest BCUT2D eigenvalue weighted by atomic mass is 16.5. The van der Waals surface area contributed by atoms with E-state index < -0.39 is 0 Å². The zero-order valence-corrected chi connectivity index (χ0v) is 10.2. The number of rotatable bonds is 5. The van der Waals surface area contributed by atoms with Gasteiger partial charge < -0.3 is 14.8 Å². The monoisotopic (exact) mass is 221 g/mol. The molecule has 1 fully saturated rings. The molecule has 0 spiro atoms. The number of likely N-dealkylation sites (N-methyl/N-ethyl adjacent to an activating group) is 1. The second-order valence-electron chi connectivity index (χ2n) is 4.40. The summed E-state index contributed by atoms with van der Waals surface area (Å²) >= 11 is 0. The van der Waals surface area contributed by atoms with E-state index >= 15 is 0 Å². The van der Waals surface area contributed by atoms with Gasteiger partial charge in [0, 0.05) is 5.54 Å². The average molecular weight is 221 g/mol. The Kier molecular flexibility index (Phi) is 3.06. The lowest BCUT2D eigenvalue weighted by molar-refractivity contribution is 0.354. The minimum Gasteiger partial charge on any atom is -0.493 e. The molecule has 16 heavy (non-hydrogen) atoms. The molecule has 1 aliphatic rings. The maximum Gasteiger partial charge on any atom is 0.160 e. The molecule has 1 aromatic rings. The quantitative estimate of drug-likeness (QED) is 0.825. The van der Waals surface area contributed by atoms with E-state index in [1.54, 1.807) is 14.2 Å². The minimum absolute atomic E-state index is 0.333. The van der Waals surface area contributed by atoms with Crippen LogP contribution in [-0.4, -0.2) is 26.8 Å². The van der Waals surface area contributed by atoms with Gasteiger partial charge in [0.1, 0.15) is 0 Å². The highest BCUT2D eigenvalue weighted by Gasteiger charge is 2.40. The molecule has 1 aliphatic carbocycles. The molecule has 0 amide bonds. The molecule has 0 saturated heterocycles. The third-order valence-electron chi connectivity index (χ3n) is 3.37. The van der Waals surface area contributed by atoms with Crippen LogP contribution in [0.15, 0.2) is 18.2 Å². The molecule has 2 rings (SSSR count). The zero-order valence-electron chi connectivity index (χ0n) is 10.2. The highest BCUT2D eigenvalue weighted by molar-refractivity contribution is 5.43. The van der Waals surface area contributed by atoms with E-state index in [4.69, 9.17) is 9.47 Å². The van der Waals surface area contributed by atoms with Gasteiger partial charge in [-0.05, 0) is 44.0 Å². The number of ether oxygens (including phenoxy) is 2. The fourth-order valence-corrected chi connectivity index (χ4v) is 2.05. The van der Waals surface area contributed by atoms with Gasteiger partial charge in [0.2, 0.25) is 0 Å². The maximum absolute atomic E-state index is 5.30. The number of hydrogen-bond donors (Lipinski definition) is 1. The molecule has 0 aromatic heterocycles. The van der Waals surface area contributed by atoms with Crippen molar-refractivity contribution in [1.29, 1.82) is 0 Å². The maximum atomic E-state index is 5.30. The van der Waals surface area contributed by atoms with Gasteiger partial charge in [-0.15, -0.1) is 0 Å². The van der Waals surface area contributed by atoms with Gasteiger partial charge in [0.15, 0.2) is 11.5 Å². The van der Waals surface area contributed by atoms with Crippen LogP contribution in [0.25, 0.3) is 0 Å². The lowest BCUT2D eigenvalue weighted by atomic mass is 10.0. The van der Waals surface area contributed by atoms with Gasteiger partial charge in [-0.3, -0.25) is 0 Å². The Balaban J connectivity index is 2.16. The first-order valence-corrected chi connectivity index (χ1v) is 5.63. The van der Waals surface area contributed by atoms with Crippen molar-refractivity contribution in [2.24, 2.45) is 0 Å². The van der Waals surface area contributed by atoms with Crippen molar-refractivity contribution in [3.63, 3.8) is 0 Å². The number of benzene rings is 1. The summed E-state index contributed by atoms with van der Waals surface area (Å²) in [5.74, 6) is 1.60. The fraction of sp³-hybridized carbons (Fsp3) is 0.538. The molecule has 1 saturated carbocycles.